The summed E-state index contributed by atoms with van der Waals surface area (Å²) in [5, 5.41) is 3.03. The van der Waals surface area contributed by atoms with E-state index in [1.165, 1.54) is 0 Å². The van der Waals surface area contributed by atoms with Crippen LogP contribution in [-0.2, 0) is 5.41 Å². The molecule has 0 spiro atoms. The van der Waals surface area contributed by atoms with Crippen LogP contribution in [0.15, 0.2) is 47.5 Å². The second-order valence-corrected chi connectivity index (χ2v) is 9.34. The molecule has 0 saturated carbocycles. The molecule has 7 heteroatoms. The molecule has 0 unspecified atom stereocenters. The predicted octanol–water partition coefficient (Wildman–Crippen LogP) is 6.17. The zero-order valence-electron chi connectivity index (χ0n) is 19.6. The molecule has 1 aromatic heterocycles. The van der Waals surface area contributed by atoms with Crippen molar-refractivity contribution in [2.45, 2.75) is 44.9 Å². The van der Waals surface area contributed by atoms with Crippen LogP contribution < -0.4 is 14.8 Å². The van der Waals surface area contributed by atoms with E-state index in [1.807, 2.05) is 25.3 Å². The first-order chi connectivity index (χ1) is 15.1. The number of carbonyl (C=O) groups excluding carboxylic acids is 1. The molecule has 168 valence electrons. The minimum Gasteiger partial charge on any atom is -0.493 e. The molecule has 0 fully saturated rings. The number of amides is 1. The van der Waals surface area contributed by atoms with E-state index in [0.29, 0.717) is 34.5 Å². The summed E-state index contributed by atoms with van der Waals surface area (Å²) in [6, 6.07) is 11.1. The average Bonchev–Trinajstić information content (AvgIpc) is 2.74. The van der Waals surface area contributed by atoms with Crippen LogP contribution in [-0.4, -0.2) is 29.2 Å². The first-order valence-corrected chi connectivity index (χ1v) is 11.5. The van der Waals surface area contributed by atoms with Gasteiger partial charge in [-0.1, -0.05) is 26.8 Å². The number of methoxy groups -OCH3 is 1. The van der Waals surface area contributed by atoms with E-state index in [-0.39, 0.29) is 11.3 Å². The fourth-order valence-corrected chi connectivity index (χ4v) is 3.76. The van der Waals surface area contributed by atoms with Gasteiger partial charge in [-0.25, -0.2) is 4.98 Å². The Balaban J connectivity index is 1.93. The third-order valence-corrected chi connectivity index (χ3v) is 5.75. The topological polar surface area (TPSA) is 73.3 Å². The number of thioether (sulfide) groups is 1. The number of hydrogen-bond donors (Lipinski definition) is 1. The highest BCUT2D eigenvalue weighted by molar-refractivity contribution is 7.98. The van der Waals surface area contributed by atoms with Crippen molar-refractivity contribution >= 4 is 23.4 Å². The highest BCUT2D eigenvalue weighted by atomic mass is 32.2. The van der Waals surface area contributed by atoms with Gasteiger partial charge in [-0.15, -0.1) is 11.8 Å². The number of rotatable bonds is 6. The summed E-state index contributed by atoms with van der Waals surface area (Å²) in [6.45, 7) is 10.1. The molecule has 0 saturated heterocycles. The SMILES string of the molecule is COc1c(NC(=O)c2ccc(C)c(Oc3ccnc(C)n3)c2)cc(C(C)(C)C)cc1SC. The molecule has 0 aliphatic rings. The molecule has 1 N–H and O–H groups in total. The summed E-state index contributed by atoms with van der Waals surface area (Å²) in [7, 11) is 1.61. The van der Waals surface area contributed by atoms with Crippen LogP contribution in [0, 0.1) is 13.8 Å². The maximum absolute atomic E-state index is 13.2. The third-order valence-electron chi connectivity index (χ3n) is 5.01. The Morgan fingerprint density at radius 1 is 1.09 bits per heavy atom. The fourth-order valence-electron chi connectivity index (χ4n) is 3.14. The molecule has 6 nitrogen and oxygen atoms in total. The lowest BCUT2D eigenvalue weighted by Crippen LogP contribution is -2.16. The molecule has 0 radical (unpaired) electrons. The maximum atomic E-state index is 13.2. The molecular weight excluding hydrogens is 422 g/mol. The zero-order valence-corrected chi connectivity index (χ0v) is 20.4. The predicted molar refractivity (Wildman–Crippen MR) is 129 cm³/mol. The molecule has 1 amide bonds. The molecule has 0 bridgehead atoms. The standard InChI is InChI=1S/C25H29N3O3S/c1-15-8-9-17(12-20(15)31-22-10-11-26-16(2)27-22)24(29)28-19-13-18(25(3,4)5)14-21(32-7)23(19)30-6/h8-14H,1-7H3,(H,28,29). The van der Waals surface area contributed by atoms with Gasteiger partial charge in [0.25, 0.3) is 5.91 Å². The fraction of sp³-hybridized carbons (Fsp3) is 0.320. The van der Waals surface area contributed by atoms with Crippen LogP contribution in [0.3, 0.4) is 0 Å². The number of benzene rings is 2. The Bertz CT molecular complexity index is 1140. The van der Waals surface area contributed by atoms with Crippen LogP contribution in [0.1, 0.15) is 48.1 Å². The third kappa shape index (κ3) is 5.40. The lowest BCUT2D eigenvalue weighted by Gasteiger charge is -2.23. The number of carbonyl (C=O) groups is 1. The number of ether oxygens (including phenoxy) is 2. The van der Waals surface area contributed by atoms with Crippen LogP contribution in [0.25, 0.3) is 0 Å². The van der Waals surface area contributed by atoms with Gasteiger partial charge in [0.1, 0.15) is 11.6 Å². The van der Waals surface area contributed by atoms with Gasteiger partial charge in [0, 0.05) is 17.8 Å². The van der Waals surface area contributed by atoms with E-state index in [1.54, 1.807) is 50.2 Å². The van der Waals surface area contributed by atoms with Crippen molar-refractivity contribution in [1.82, 2.24) is 9.97 Å². The van der Waals surface area contributed by atoms with Gasteiger partial charge in [0.2, 0.25) is 5.88 Å². The highest BCUT2D eigenvalue weighted by Gasteiger charge is 2.21. The number of hydrogen-bond acceptors (Lipinski definition) is 6. The first kappa shape index (κ1) is 23.6. The molecule has 0 aliphatic heterocycles. The number of aryl methyl sites for hydroxylation is 2. The van der Waals surface area contributed by atoms with E-state index in [2.05, 4.69) is 42.1 Å². The van der Waals surface area contributed by atoms with Gasteiger partial charge in [-0.3, -0.25) is 4.79 Å². The number of anilines is 1. The molecule has 0 atom stereocenters. The van der Waals surface area contributed by atoms with E-state index in [4.69, 9.17) is 9.47 Å². The number of aromatic nitrogens is 2. The van der Waals surface area contributed by atoms with Gasteiger partial charge in [-0.2, -0.15) is 4.98 Å². The second-order valence-electron chi connectivity index (χ2n) is 8.49. The number of nitrogens with zero attached hydrogens (tertiary/aromatic N) is 2. The van der Waals surface area contributed by atoms with Crippen molar-refractivity contribution in [2.24, 2.45) is 0 Å². The van der Waals surface area contributed by atoms with Crippen molar-refractivity contribution in [2.75, 3.05) is 18.7 Å². The van der Waals surface area contributed by atoms with Crippen LogP contribution in [0.5, 0.6) is 17.4 Å². The second kappa shape index (κ2) is 9.61. The summed E-state index contributed by atoms with van der Waals surface area (Å²) in [6.07, 6.45) is 3.63. The van der Waals surface area contributed by atoms with Gasteiger partial charge in [0.15, 0.2) is 5.75 Å². The summed E-state index contributed by atoms with van der Waals surface area (Å²) in [5.74, 6) is 2.02. The summed E-state index contributed by atoms with van der Waals surface area (Å²) in [5.41, 5.74) is 3.06. The Hall–Kier alpha value is -3.06. The van der Waals surface area contributed by atoms with Crippen LogP contribution in [0.4, 0.5) is 5.69 Å². The monoisotopic (exact) mass is 451 g/mol. The summed E-state index contributed by atoms with van der Waals surface area (Å²) in [4.78, 5) is 22.5. The largest absolute Gasteiger partial charge is 0.493 e. The Labute approximate surface area is 193 Å². The molecular formula is C25H29N3O3S. The van der Waals surface area contributed by atoms with Crippen LogP contribution >= 0.6 is 11.8 Å². The maximum Gasteiger partial charge on any atom is 0.255 e. The van der Waals surface area contributed by atoms with Crippen molar-refractivity contribution in [3.05, 3.63) is 65.1 Å². The van der Waals surface area contributed by atoms with Crippen LogP contribution in [0.2, 0.25) is 0 Å². The summed E-state index contributed by atoms with van der Waals surface area (Å²) >= 11 is 1.59. The van der Waals surface area contributed by atoms with Gasteiger partial charge in [-0.05, 0) is 60.9 Å². The van der Waals surface area contributed by atoms with E-state index in [9.17, 15) is 4.79 Å². The quantitative estimate of drug-likeness (QED) is 0.452. The lowest BCUT2D eigenvalue weighted by atomic mass is 9.86. The zero-order chi connectivity index (χ0) is 23.5. The molecule has 32 heavy (non-hydrogen) atoms. The minimum absolute atomic E-state index is 0.0726. The molecule has 3 rings (SSSR count). The van der Waals surface area contributed by atoms with Gasteiger partial charge >= 0.3 is 0 Å². The van der Waals surface area contributed by atoms with E-state index < -0.39 is 0 Å². The van der Waals surface area contributed by atoms with Gasteiger partial charge in [0.05, 0.1) is 17.7 Å². The minimum atomic E-state index is -0.245. The normalized spacial score (nSPS) is 11.2. The Morgan fingerprint density at radius 2 is 1.84 bits per heavy atom. The van der Waals surface area contributed by atoms with E-state index in [0.717, 1.165) is 16.0 Å². The van der Waals surface area contributed by atoms with Crippen molar-refractivity contribution in [1.29, 1.82) is 0 Å². The average molecular weight is 452 g/mol. The Kier molecular flexibility index (Phi) is 7.09. The highest BCUT2D eigenvalue weighted by Crippen LogP contribution is 2.40. The van der Waals surface area contributed by atoms with Crippen molar-refractivity contribution in [3.8, 4) is 17.4 Å². The Morgan fingerprint density at radius 3 is 2.47 bits per heavy atom. The summed E-state index contributed by atoms with van der Waals surface area (Å²) < 4.78 is 11.5. The van der Waals surface area contributed by atoms with E-state index >= 15 is 0 Å². The lowest BCUT2D eigenvalue weighted by molar-refractivity contribution is 0.102. The smallest absolute Gasteiger partial charge is 0.255 e. The number of nitrogens with one attached hydrogen (secondary N) is 1. The van der Waals surface area contributed by atoms with Crippen molar-refractivity contribution in [3.63, 3.8) is 0 Å². The molecule has 1 heterocycles. The molecule has 0 aliphatic carbocycles. The van der Waals surface area contributed by atoms with Crippen molar-refractivity contribution < 1.29 is 14.3 Å². The first-order valence-electron chi connectivity index (χ1n) is 10.3. The van der Waals surface area contributed by atoms with Gasteiger partial charge < -0.3 is 14.8 Å². The molecule has 3 aromatic rings. The molecule has 2 aromatic carbocycles.